The first-order valence-electron chi connectivity index (χ1n) is 7.57. The summed E-state index contributed by atoms with van der Waals surface area (Å²) in [6.07, 6.45) is 6.80. The summed E-state index contributed by atoms with van der Waals surface area (Å²) in [5, 5.41) is 3.70. The summed E-state index contributed by atoms with van der Waals surface area (Å²) in [7, 11) is 1.72. The highest BCUT2D eigenvalue weighted by Gasteiger charge is 2.15. The molecule has 1 aromatic carbocycles. The average molecular weight is 316 g/mol. The third kappa shape index (κ3) is 4.02. The second kappa shape index (κ2) is 8.20. The molecule has 2 aromatic rings. The first-order valence-corrected chi connectivity index (χ1v) is 8.80. The predicted molar refractivity (Wildman–Crippen MR) is 93.6 cm³/mol. The van der Waals surface area contributed by atoms with Gasteiger partial charge in [-0.25, -0.2) is 0 Å². The Kier molecular flexibility index (Phi) is 6.28. The summed E-state index contributed by atoms with van der Waals surface area (Å²) in [5.41, 5.74) is 2.51. The minimum Gasteiger partial charge on any atom is -0.496 e. The van der Waals surface area contributed by atoms with Gasteiger partial charge in [0.05, 0.1) is 7.11 Å². The fourth-order valence-corrected chi connectivity index (χ4v) is 3.11. The van der Waals surface area contributed by atoms with Crippen LogP contribution in [0.5, 0.6) is 5.75 Å². The van der Waals surface area contributed by atoms with Crippen LogP contribution < -0.4 is 10.1 Å². The van der Waals surface area contributed by atoms with E-state index in [2.05, 4.69) is 60.7 Å². The Balaban J connectivity index is 2.15. The molecule has 0 bridgehead atoms. The molecule has 0 fully saturated rings. The molecule has 0 unspecified atom stereocenters. The summed E-state index contributed by atoms with van der Waals surface area (Å²) in [6.45, 7) is 4.39. The van der Waals surface area contributed by atoms with Crippen LogP contribution in [0.1, 0.15) is 43.5 Å². The summed E-state index contributed by atoms with van der Waals surface area (Å²) in [6, 6.07) is 11.2. The highest BCUT2D eigenvalue weighted by Crippen LogP contribution is 2.31. The van der Waals surface area contributed by atoms with E-state index in [0.29, 0.717) is 6.04 Å². The molecule has 0 saturated carbocycles. The monoisotopic (exact) mass is 316 g/mol. The fourth-order valence-electron chi connectivity index (χ4n) is 2.57. The van der Waals surface area contributed by atoms with E-state index >= 15 is 0 Å². The van der Waals surface area contributed by atoms with Crippen molar-refractivity contribution in [3.05, 3.63) is 53.9 Å². The number of thioether (sulfide) groups is 1. The Hall–Kier alpha value is -1.52. The van der Waals surface area contributed by atoms with Crippen molar-refractivity contribution in [3.63, 3.8) is 0 Å². The van der Waals surface area contributed by atoms with Crippen molar-refractivity contribution in [2.45, 2.75) is 37.2 Å². The van der Waals surface area contributed by atoms with Crippen LogP contribution in [0.4, 0.5) is 0 Å². The molecule has 0 amide bonds. The smallest absolute Gasteiger partial charge is 0.132 e. The maximum absolute atomic E-state index is 5.49. The first kappa shape index (κ1) is 16.8. The van der Waals surface area contributed by atoms with Gasteiger partial charge in [-0.15, -0.1) is 11.8 Å². The average Bonchev–Trinajstić information content (AvgIpc) is 2.59. The molecular formula is C18H24N2OS. The Morgan fingerprint density at radius 2 is 1.91 bits per heavy atom. The van der Waals surface area contributed by atoms with E-state index in [-0.39, 0.29) is 6.04 Å². The molecule has 1 aromatic heterocycles. The Labute approximate surface area is 137 Å². The molecule has 2 atom stereocenters. The van der Waals surface area contributed by atoms with Gasteiger partial charge in [-0.2, -0.15) is 0 Å². The Bertz CT molecular complexity index is 589. The minimum atomic E-state index is 0.253. The molecule has 1 heterocycles. The maximum Gasteiger partial charge on any atom is 0.132 e. The predicted octanol–water partition coefficient (Wildman–Crippen LogP) is 4.61. The van der Waals surface area contributed by atoms with Gasteiger partial charge < -0.3 is 10.1 Å². The lowest BCUT2D eigenvalue weighted by molar-refractivity contribution is 0.401. The number of rotatable bonds is 7. The number of nitrogens with one attached hydrogen (secondary N) is 1. The highest BCUT2D eigenvalue weighted by atomic mass is 32.2. The molecule has 1 N–H and O–H groups in total. The third-order valence-corrected chi connectivity index (χ3v) is 4.65. The number of aromatic nitrogens is 1. The van der Waals surface area contributed by atoms with Crippen LogP contribution in [0.15, 0.2) is 47.6 Å². The number of benzene rings is 1. The van der Waals surface area contributed by atoms with E-state index in [1.54, 1.807) is 18.9 Å². The quantitative estimate of drug-likeness (QED) is 0.756. The molecule has 118 valence electrons. The molecule has 0 aliphatic heterocycles. The number of nitrogens with zero attached hydrogens (tertiary/aromatic N) is 1. The van der Waals surface area contributed by atoms with E-state index < -0.39 is 0 Å². The highest BCUT2D eigenvalue weighted by molar-refractivity contribution is 7.98. The summed E-state index contributed by atoms with van der Waals surface area (Å²) >= 11 is 1.70. The van der Waals surface area contributed by atoms with E-state index in [9.17, 15) is 0 Å². The molecular weight excluding hydrogens is 292 g/mol. The largest absolute Gasteiger partial charge is 0.496 e. The van der Waals surface area contributed by atoms with Crippen molar-refractivity contribution in [3.8, 4) is 5.75 Å². The molecule has 0 aliphatic rings. The molecule has 0 aliphatic carbocycles. The maximum atomic E-state index is 5.49. The topological polar surface area (TPSA) is 34.1 Å². The molecule has 4 heteroatoms. The van der Waals surface area contributed by atoms with Gasteiger partial charge in [0.15, 0.2) is 0 Å². The van der Waals surface area contributed by atoms with Crippen LogP contribution in [-0.4, -0.2) is 18.3 Å². The molecule has 0 spiro atoms. The molecule has 0 radical (unpaired) electrons. The fraction of sp³-hybridized carbons (Fsp3) is 0.389. The van der Waals surface area contributed by atoms with Crippen molar-refractivity contribution in [2.24, 2.45) is 0 Å². The zero-order chi connectivity index (χ0) is 15.9. The van der Waals surface area contributed by atoms with Crippen LogP contribution >= 0.6 is 11.8 Å². The van der Waals surface area contributed by atoms with Crippen molar-refractivity contribution in [2.75, 3.05) is 13.4 Å². The van der Waals surface area contributed by atoms with Gasteiger partial charge in [-0.3, -0.25) is 4.98 Å². The van der Waals surface area contributed by atoms with E-state index in [0.717, 1.165) is 12.2 Å². The lowest BCUT2D eigenvalue weighted by atomic mass is 10.0. The van der Waals surface area contributed by atoms with Gasteiger partial charge in [0.1, 0.15) is 5.75 Å². The summed E-state index contributed by atoms with van der Waals surface area (Å²) in [5.74, 6) is 0.940. The van der Waals surface area contributed by atoms with Crippen molar-refractivity contribution < 1.29 is 4.74 Å². The summed E-state index contributed by atoms with van der Waals surface area (Å²) in [4.78, 5) is 5.26. The SMILES string of the molecule is CC[C@H](N[C@@H](C)c1ccc(SC)c(OC)c1)c1ccncc1. The van der Waals surface area contributed by atoms with Gasteiger partial charge in [0.25, 0.3) is 0 Å². The molecule has 22 heavy (non-hydrogen) atoms. The lowest BCUT2D eigenvalue weighted by Gasteiger charge is -2.23. The van der Waals surface area contributed by atoms with E-state index in [1.807, 2.05) is 12.4 Å². The van der Waals surface area contributed by atoms with Crippen LogP contribution in [0.2, 0.25) is 0 Å². The number of hydrogen-bond acceptors (Lipinski definition) is 4. The van der Waals surface area contributed by atoms with Crippen molar-refractivity contribution in [1.82, 2.24) is 10.3 Å². The number of ether oxygens (including phenoxy) is 1. The third-order valence-electron chi connectivity index (χ3n) is 3.88. The zero-order valence-electron chi connectivity index (χ0n) is 13.7. The zero-order valence-corrected chi connectivity index (χ0v) is 14.5. The van der Waals surface area contributed by atoms with Gasteiger partial charge >= 0.3 is 0 Å². The number of pyridine rings is 1. The van der Waals surface area contributed by atoms with Gasteiger partial charge in [-0.05, 0) is 55.0 Å². The van der Waals surface area contributed by atoms with Crippen LogP contribution in [0.3, 0.4) is 0 Å². The van der Waals surface area contributed by atoms with E-state index in [4.69, 9.17) is 4.74 Å². The number of hydrogen-bond donors (Lipinski definition) is 1. The minimum absolute atomic E-state index is 0.253. The van der Waals surface area contributed by atoms with Crippen LogP contribution in [0.25, 0.3) is 0 Å². The first-order chi connectivity index (χ1) is 10.7. The van der Waals surface area contributed by atoms with Crippen molar-refractivity contribution in [1.29, 1.82) is 0 Å². The normalized spacial score (nSPS) is 13.6. The molecule has 3 nitrogen and oxygen atoms in total. The van der Waals surface area contributed by atoms with Crippen LogP contribution in [-0.2, 0) is 0 Å². The second-order valence-electron chi connectivity index (χ2n) is 5.24. The molecule has 0 saturated heterocycles. The lowest BCUT2D eigenvalue weighted by Crippen LogP contribution is -2.24. The van der Waals surface area contributed by atoms with Gasteiger partial charge in [0, 0.05) is 29.4 Å². The Morgan fingerprint density at radius 1 is 1.18 bits per heavy atom. The number of methoxy groups -OCH3 is 1. The standard InChI is InChI=1S/C18H24N2OS/c1-5-16(14-8-10-19-11-9-14)20-13(2)15-6-7-18(22-4)17(12-15)21-3/h6-13,16,20H,5H2,1-4H3/t13-,16-/m0/s1. The van der Waals surface area contributed by atoms with Gasteiger partial charge in [0.2, 0.25) is 0 Å². The summed E-state index contributed by atoms with van der Waals surface area (Å²) < 4.78 is 5.49. The Morgan fingerprint density at radius 3 is 2.50 bits per heavy atom. The molecule has 2 rings (SSSR count). The van der Waals surface area contributed by atoms with Gasteiger partial charge in [-0.1, -0.05) is 13.0 Å². The van der Waals surface area contributed by atoms with Crippen LogP contribution in [0, 0.1) is 0 Å². The van der Waals surface area contributed by atoms with E-state index in [1.165, 1.54) is 16.0 Å². The second-order valence-corrected chi connectivity index (χ2v) is 6.09. The van der Waals surface area contributed by atoms with Crippen molar-refractivity contribution >= 4 is 11.8 Å².